The van der Waals surface area contributed by atoms with E-state index in [1.54, 1.807) is 30.3 Å². The van der Waals surface area contributed by atoms with Crippen molar-refractivity contribution in [2.24, 2.45) is 0 Å². The molecule has 0 amide bonds. The molecule has 1 N–H and O–H groups in total. The van der Waals surface area contributed by atoms with Crippen LogP contribution in [0, 0.1) is 12.7 Å². The molecule has 7 heteroatoms. The molecule has 130 valence electrons. The van der Waals surface area contributed by atoms with Crippen LogP contribution in [0.2, 0.25) is 0 Å². The summed E-state index contributed by atoms with van der Waals surface area (Å²) >= 11 is 1.45. The monoisotopic (exact) mass is 376 g/mol. The van der Waals surface area contributed by atoms with Crippen LogP contribution in [-0.4, -0.2) is 19.9 Å². The van der Waals surface area contributed by atoms with Crippen LogP contribution in [0.25, 0.3) is 10.6 Å². The second-order valence-corrected chi connectivity index (χ2v) is 8.24. The van der Waals surface area contributed by atoms with Crippen molar-refractivity contribution in [3.8, 4) is 10.6 Å². The van der Waals surface area contributed by atoms with E-state index >= 15 is 0 Å². The van der Waals surface area contributed by atoms with E-state index in [1.165, 1.54) is 23.5 Å². The lowest BCUT2D eigenvalue weighted by molar-refractivity contribution is 0.581. The standard InChI is InChI=1S/C18H17FN2O2S2/c1-13-3-2-4-17(11-13)25(22,23)20-10-9-16-12-24-18(21-16)14-5-7-15(19)8-6-14/h2-8,11-12,20H,9-10H2,1H3. The third-order valence-electron chi connectivity index (χ3n) is 3.62. The molecule has 0 aliphatic carbocycles. The summed E-state index contributed by atoms with van der Waals surface area (Å²) < 4.78 is 40.1. The van der Waals surface area contributed by atoms with Gasteiger partial charge in [0, 0.05) is 23.9 Å². The fourth-order valence-electron chi connectivity index (χ4n) is 2.33. The minimum absolute atomic E-state index is 0.262. The van der Waals surface area contributed by atoms with Crippen molar-refractivity contribution < 1.29 is 12.8 Å². The minimum atomic E-state index is -3.52. The number of hydrogen-bond acceptors (Lipinski definition) is 4. The zero-order valence-electron chi connectivity index (χ0n) is 13.6. The second-order valence-electron chi connectivity index (χ2n) is 5.62. The van der Waals surface area contributed by atoms with Crippen LogP contribution in [0.4, 0.5) is 4.39 Å². The SMILES string of the molecule is Cc1cccc(S(=O)(=O)NCCc2csc(-c3ccc(F)cc3)n2)c1. The van der Waals surface area contributed by atoms with Gasteiger partial charge >= 0.3 is 0 Å². The van der Waals surface area contributed by atoms with Gasteiger partial charge in [-0.2, -0.15) is 0 Å². The van der Waals surface area contributed by atoms with E-state index in [4.69, 9.17) is 0 Å². The lowest BCUT2D eigenvalue weighted by Crippen LogP contribution is -2.26. The first-order chi connectivity index (χ1) is 11.9. The Morgan fingerprint density at radius 2 is 1.92 bits per heavy atom. The molecule has 0 atom stereocenters. The van der Waals surface area contributed by atoms with Crippen molar-refractivity contribution in [1.82, 2.24) is 9.71 Å². The smallest absolute Gasteiger partial charge is 0.240 e. The fourth-order valence-corrected chi connectivity index (χ4v) is 4.32. The molecule has 0 unspecified atom stereocenters. The van der Waals surface area contributed by atoms with E-state index in [2.05, 4.69) is 9.71 Å². The highest BCUT2D eigenvalue weighted by molar-refractivity contribution is 7.89. The average Bonchev–Trinajstić information content (AvgIpc) is 3.04. The Balaban J connectivity index is 1.62. The van der Waals surface area contributed by atoms with Crippen LogP contribution in [-0.2, 0) is 16.4 Å². The van der Waals surface area contributed by atoms with Crippen LogP contribution >= 0.6 is 11.3 Å². The number of aromatic nitrogens is 1. The highest BCUT2D eigenvalue weighted by atomic mass is 32.2. The maximum Gasteiger partial charge on any atom is 0.240 e. The van der Waals surface area contributed by atoms with Crippen LogP contribution in [0.15, 0.2) is 58.8 Å². The number of aryl methyl sites for hydroxylation is 1. The first-order valence-electron chi connectivity index (χ1n) is 7.71. The summed E-state index contributed by atoms with van der Waals surface area (Å²) in [5.74, 6) is -0.286. The Hall–Kier alpha value is -2.09. The van der Waals surface area contributed by atoms with Crippen LogP contribution in [0.1, 0.15) is 11.3 Å². The molecule has 0 radical (unpaired) electrons. The third kappa shape index (κ3) is 4.50. The van der Waals surface area contributed by atoms with E-state index < -0.39 is 10.0 Å². The van der Waals surface area contributed by atoms with Crippen molar-refractivity contribution in [2.45, 2.75) is 18.2 Å². The molecule has 0 saturated carbocycles. The predicted octanol–water partition coefficient (Wildman–Crippen LogP) is 3.78. The van der Waals surface area contributed by atoms with Gasteiger partial charge < -0.3 is 0 Å². The average molecular weight is 376 g/mol. The number of hydrogen-bond donors (Lipinski definition) is 1. The molecule has 0 aliphatic rings. The molecule has 2 aromatic carbocycles. The molecule has 1 heterocycles. The van der Waals surface area contributed by atoms with E-state index in [0.717, 1.165) is 21.8 Å². The Morgan fingerprint density at radius 3 is 2.64 bits per heavy atom. The summed E-state index contributed by atoms with van der Waals surface area (Å²) in [6.07, 6.45) is 0.489. The topological polar surface area (TPSA) is 59.1 Å². The van der Waals surface area contributed by atoms with Gasteiger partial charge in [0.05, 0.1) is 10.6 Å². The number of rotatable bonds is 6. The Morgan fingerprint density at radius 1 is 1.16 bits per heavy atom. The molecule has 4 nitrogen and oxygen atoms in total. The molecule has 0 bridgehead atoms. The molecule has 25 heavy (non-hydrogen) atoms. The number of nitrogens with zero attached hydrogens (tertiary/aromatic N) is 1. The quantitative estimate of drug-likeness (QED) is 0.712. The van der Waals surface area contributed by atoms with Gasteiger partial charge in [0.15, 0.2) is 0 Å². The number of thiazole rings is 1. The van der Waals surface area contributed by atoms with Gasteiger partial charge in [-0.1, -0.05) is 12.1 Å². The molecule has 3 rings (SSSR count). The Kier molecular flexibility index (Phi) is 5.27. The van der Waals surface area contributed by atoms with Gasteiger partial charge in [0.25, 0.3) is 0 Å². The van der Waals surface area contributed by atoms with E-state index in [0.29, 0.717) is 6.42 Å². The first-order valence-corrected chi connectivity index (χ1v) is 10.1. The second kappa shape index (κ2) is 7.43. The summed E-state index contributed by atoms with van der Waals surface area (Å²) in [5.41, 5.74) is 2.54. The normalized spacial score (nSPS) is 11.6. The summed E-state index contributed by atoms with van der Waals surface area (Å²) in [4.78, 5) is 4.74. The maximum atomic E-state index is 13.0. The van der Waals surface area contributed by atoms with E-state index in [-0.39, 0.29) is 17.3 Å². The zero-order chi connectivity index (χ0) is 17.9. The van der Waals surface area contributed by atoms with Gasteiger partial charge in [0.1, 0.15) is 10.8 Å². The van der Waals surface area contributed by atoms with Gasteiger partial charge in [-0.05, 0) is 48.9 Å². The molecular weight excluding hydrogens is 359 g/mol. The molecule has 3 aromatic rings. The van der Waals surface area contributed by atoms with Crippen molar-refractivity contribution in [3.05, 3.63) is 71.0 Å². The van der Waals surface area contributed by atoms with Gasteiger partial charge in [-0.15, -0.1) is 11.3 Å². The predicted molar refractivity (Wildman–Crippen MR) is 97.6 cm³/mol. The summed E-state index contributed by atoms with van der Waals surface area (Å²) in [6, 6.07) is 12.9. The van der Waals surface area contributed by atoms with Crippen molar-refractivity contribution in [1.29, 1.82) is 0 Å². The van der Waals surface area contributed by atoms with E-state index in [9.17, 15) is 12.8 Å². The highest BCUT2D eigenvalue weighted by Crippen LogP contribution is 2.24. The van der Waals surface area contributed by atoms with Gasteiger partial charge in [-0.3, -0.25) is 0 Å². The minimum Gasteiger partial charge on any atom is -0.241 e. The number of sulfonamides is 1. The molecule has 0 fully saturated rings. The summed E-state index contributed by atoms with van der Waals surface area (Å²) in [5, 5.41) is 2.68. The van der Waals surface area contributed by atoms with E-state index in [1.807, 2.05) is 18.4 Å². The van der Waals surface area contributed by atoms with Crippen molar-refractivity contribution in [3.63, 3.8) is 0 Å². The first kappa shape index (κ1) is 17.7. The summed E-state index contributed by atoms with van der Waals surface area (Å²) in [7, 11) is -3.52. The Labute approximate surface area is 150 Å². The number of nitrogens with one attached hydrogen (secondary N) is 1. The largest absolute Gasteiger partial charge is 0.241 e. The fraction of sp³-hybridized carbons (Fsp3) is 0.167. The highest BCUT2D eigenvalue weighted by Gasteiger charge is 2.13. The zero-order valence-corrected chi connectivity index (χ0v) is 15.2. The van der Waals surface area contributed by atoms with Crippen molar-refractivity contribution >= 4 is 21.4 Å². The van der Waals surface area contributed by atoms with Crippen LogP contribution in [0.5, 0.6) is 0 Å². The Bertz CT molecular complexity index is 967. The van der Waals surface area contributed by atoms with Gasteiger partial charge in [-0.25, -0.2) is 22.5 Å². The molecule has 0 spiro atoms. The number of halogens is 1. The lowest BCUT2D eigenvalue weighted by atomic mass is 10.2. The van der Waals surface area contributed by atoms with Crippen LogP contribution < -0.4 is 4.72 Å². The molecule has 1 aromatic heterocycles. The van der Waals surface area contributed by atoms with Crippen LogP contribution in [0.3, 0.4) is 0 Å². The van der Waals surface area contributed by atoms with Crippen molar-refractivity contribution in [2.75, 3.05) is 6.54 Å². The lowest BCUT2D eigenvalue weighted by Gasteiger charge is -2.06. The number of benzene rings is 2. The molecule has 0 saturated heterocycles. The maximum absolute atomic E-state index is 13.0. The molecule has 0 aliphatic heterocycles. The van der Waals surface area contributed by atoms with Gasteiger partial charge in [0.2, 0.25) is 10.0 Å². The third-order valence-corrected chi connectivity index (χ3v) is 6.01. The summed E-state index contributed by atoms with van der Waals surface area (Å²) in [6.45, 7) is 2.12. The molecular formula is C18H17FN2O2S2.